The van der Waals surface area contributed by atoms with Crippen molar-refractivity contribution in [2.75, 3.05) is 12.4 Å². The first kappa shape index (κ1) is 10.2. The van der Waals surface area contributed by atoms with Crippen LogP contribution in [0, 0.1) is 5.82 Å². The summed E-state index contributed by atoms with van der Waals surface area (Å²) in [6.45, 7) is 0. The van der Waals surface area contributed by atoms with E-state index in [2.05, 4.69) is 10.6 Å². The number of rotatable bonds is 2. The van der Waals surface area contributed by atoms with Crippen molar-refractivity contribution in [1.29, 1.82) is 0 Å². The molecule has 2 amide bonds. The number of hydrogen-bond donors (Lipinski definition) is 2. The molecule has 1 rings (SSSR count). The minimum absolute atomic E-state index is 0.0195. The van der Waals surface area contributed by atoms with E-state index in [0.717, 1.165) is 6.07 Å². The zero-order valence-corrected chi connectivity index (χ0v) is 7.50. The van der Waals surface area contributed by atoms with Gasteiger partial charge in [0.2, 0.25) is 0 Å². The Kier molecular flexibility index (Phi) is 3.17. The lowest BCUT2D eigenvalue weighted by atomic mass is 10.2. The van der Waals surface area contributed by atoms with Crippen molar-refractivity contribution in [3.05, 3.63) is 29.6 Å². The minimum atomic E-state index is -0.584. The Bertz CT molecular complexity index is 366. The molecule has 74 valence electrons. The summed E-state index contributed by atoms with van der Waals surface area (Å²) in [5, 5.41) is 4.52. The summed E-state index contributed by atoms with van der Waals surface area (Å²) in [5.74, 6) is -0.584. The van der Waals surface area contributed by atoms with Crippen LogP contribution in [0.1, 0.15) is 10.4 Å². The molecular formula is C9H9FN2O2. The van der Waals surface area contributed by atoms with E-state index >= 15 is 0 Å². The topological polar surface area (TPSA) is 58.2 Å². The van der Waals surface area contributed by atoms with E-state index in [1.807, 2.05) is 0 Å². The maximum Gasteiger partial charge on any atom is 0.319 e. The fourth-order valence-corrected chi connectivity index (χ4v) is 0.897. The molecule has 14 heavy (non-hydrogen) atoms. The molecule has 0 unspecified atom stereocenters. The van der Waals surface area contributed by atoms with Crippen molar-refractivity contribution >= 4 is 18.0 Å². The molecule has 0 saturated carbocycles. The van der Waals surface area contributed by atoms with Crippen LogP contribution in [0.3, 0.4) is 0 Å². The molecule has 0 saturated heterocycles. The Hall–Kier alpha value is -1.91. The van der Waals surface area contributed by atoms with E-state index in [9.17, 15) is 14.0 Å². The maximum absolute atomic E-state index is 13.0. The number of urea groups is 1. The van der Waals surface area contributed by atoms with Crippen LogP contribution < -0.4 is 10.6 Å². The quantitative estimate of drug-likeness (QED) is 0.702. The number of aldehydes is 1. The number of hydrogen-bond acceptors (Lipinski definition) is 2. The fourth-order valence-electron chi connectivity index (χ4n) is 0.897. The number of halogens is 1. The van der Waals surface area contributed by atoms with Gasteiger partial charge < -0.3 is 10.6 Å². The van der Waals surface area contributed by atoms with E-state index in [0.29, 0.717) is 11.8 Å². The van der Waals surface area contributed by atoms with E-state index in [1.165, 1.54) is 19.2 Å². The molecule has 0 atom stereocenters. The molecule has 0 fully saturated rings. The Morgan fingerprint density at radius 1 is 1.50 bits per heavy atom. The monoisotopic (exact) mass is 196 g/mol. The first-order valence-corrected chi connectivity index (χ1v) is 3.91. The van der Waals surface area contributed by atoms with Crippen LogP contribution >= 0.6 is 0 Å². The summed E-state index contributed by atoms with van der Waals surface area (Å²) < 4.78 is 13.0. The number of carbonyl (C=O) groups excluding carboxylic acids is 2. The third-order valence-electron chi connectivity index (χ3n) is 1.60. The summed E-state index contributed by atoms with van der Waals surface area (Å²) in [7, 11) is 1.41. The highest BCUT2D eigenvalue weighted by molar-refractivity contribution is 5.90. The van der Waals surface area contributed by atoms with E-state index in [1.54, 1.807) is 0 Å². The van der Waals surface area contributed by atoms with Crippen LogP contribution in [0.2, 0.25) is 0 Å². The lowest BCUT2D eigenvalue weighted by molar-refractivity contribution is 0.112. The molecule has 2 N–H and O–H groups in total. The molecular weight excluding hydrogens is 187 g/mol. The van der Waals surface area contributed by atoms with Gasteiger partial charge in [-0.15, -0.1) is 0 Å². The van der Waals surface area contributed by atoms with Gasteiger partial charge in [-0.2, -0.15) is 0 Å². The second kappa shape index (κ2) is 4.36. The zero-order chi connectivity index (χ0) is 10.6. The number of anilines is 1. The third-order valence-corrected chi connectivity index (χ3v) is 1.60. The maximum atomic E-state index is 13.0. The SMILES string of the molecule is CNC(=O)Nc1cc(C=O)ccc1F. The highest BCUT2D eigenvalue weighted by Gasteiger charge is 2.05. The Labute approximate surface area is 80.1 Å². The lowest BCUT2D eigenvalue weighted by Gasteiger charge is -2.05. The van der Waals surface area contributed by atoms with Crippen LogP contribution in [0.25, 0.3) is 0 Å². The summed E-state index contributed by atoms with van der Waals surface area (Å²) in [5.41, 5.74) is 0.284. The predicted octanol–water partition coefficient (Wildman–Crippen LogP) is 1.39. The molecule has 5 heteroatoms. The molecule has 0 aliphatic heterocycles. The molecule has 0 spiro atoms. The van der Waals surface area contributed by atoms with Crippen molar-refractivity contribution in [1.82, 2.24) is 5.32 Å². The fraction of sp³-hybridized carbons (Fsp3) is 0.111. The van der Waals surface area contributed by atoms with Gasteiger partial charge in [0.15, 0.2) is 0 Å². The van der Waals surface area contributed by atoms with Gasteiger partial charge in [0, 0.05) is 12.6 Å². The average molecular weight is 196 g/mol. The largest absolute Gasteiger partial charge is 0.341 e. The van der Waals surface area contributed by atoms with Crippen molar-refractivity contribution in [2.45, 2.75) is 0 Å². The number of carbonyl (C=O) groups is 2. The normalized spacial score (nSPS) is 9.29. The van der Waals surface area contributed by atoms with Gasteiger partial charge in [0.05, 0.1) is 5.69 Å². The van der Waals surface area contributed by atoms with Crippen LogP contribution in [-0.4, -0.2) is 19.4 Å². The van der Waals surface area contributed by atoms with Gasteiger partial charge in [0.25, 0.3) is 0 Å². The smallest absolute Gasteiger partial charge is 0.319 e. The summed E-state index contributed by atoms with van der Waals surface area (Å²) in [4.78, 5) is 21.2. The van der Waals surface area contributed by atoms with Gasteiger partial charge >= 0.3 is 6.03 Å². The van der Waals surface area contributed by atoms with Gasteiger partial charge in [0.1, 0.15) is 12.1 Å². The van der Waals surface area contributed by atoms with Crippen molar-refractivity contribution in [2.24, 2.45) is 0 Å². The molecule has 1 aromatic rings. The Balaban J connectivity index is 2.94. The van der Waals surface area contributed by atoms with Crippen LogP contribution in [0.5, 0.6) is 0 Å². The molecule has 0 heterocycles. The van der Waals surface area contributed by atoms with Gasteiger partial charge in [-0.25, -0.2) is 9.18 Å². The number of amides is 2. The summed E-state index contributed by atoms with van der Waals surface area (Å²) >= 11 is 0. The number of benzene rings is 1. The second-order valence-electron chi connectivity index (χ2n) is 2.56. The van der Waals surface area contributed by atoms with E-state index in [-0.39, 0.29) is 5.69 Å². The van der Waals surface area contributed by atoms with Crippen molar-refractivity contribution in [3.63, 3.8) is 0 Å². The van der Waals surface area contributed by atoms with E-state index < -0.39 is 11.8 Å². The summed E-state index contributed by atoms with van der Waals surface area (Å²) in [6, 6.07) is 3.18. The van der Waals surface area contributed by atoms with E-state index in [4.69, 9.17) is 0 Å². The van der Waals surface area contributed by atoms with Gasteiger partial charge in [-0.1, -0.05) is 0 Å². The van der Waals surface area contributed by atoms with Crippen molar-refractivity contribution < 1.29 is 14.0 Å². The third kappa shape index (κ3) is 2.29. The highest BCUT2D eigenvalue weighted by atomic mass is 19.1. The molecule has 0 aromatic heterocycles. The molecule has 0 bridgehead atoms. The van der Waals surface area contributed by atoms with Crippen LogP contribution in [-0.2, 0) is 0 Å². The Morgan fingerprint density at radius 3 is 2.79 bits per heavy atom. The van der Waals surface area contributed by atoms with Gasteiger partial charge in [-0.05, 0) is 18.2 Å². The average Bonchev–Trinajstić information content (AvgIpc) is 2.21. The molecule has 4 nitrogen and oxygen atoms in total. The molecule has 0 radical (unpaired) electrons. The van der Waals surface area contributed by atoms with Crippen molar-refractivity contribution in [3.8, 4) is 0 Å². The van der Waals surface area contributed by atoms with Crippen LogP contribution in [0.15, 0.2) is 18.2 Å². The number of nitrogens with one attached hydrogen (secondary N) is 2. The molecule has 0 aliphatic rings. The highest BCUT2D eigenvalue weighted by Crippen LogP contribution is 2.14. The lowest BCUT2D eigenvalue weighted by Crippen LogP contribution is -2.25. The summed E-state index contributed by atoms with van der Waals surface area (Å²) in [6.07, 6.45) is 0.578. The van der Waals surface area contributed by atoms with Crippen LogP contribution in [0.4, 0.5) is 14.9 Å². The predicted molar refractivity (Wildman–Crippen MR) is 49.9 cm³/mol. The first-order valence-electron chi connectivity index (χ1n) is 3.91. The standard InChI is InChI=1S/C9H9FN2O2/c1-11-9(14)12-8-4-6(5-13)2-3-7(8)10/h2-5H,1H3,(H2,11,12,14). The molecule has 0 aliphatic carbocycles. The zero-order valence-electron chi connectivity index (χ0n) is 7.50. The van der Waals surface area contributed by atoms with Gasteiger partial charge in [-0.3, -0.25) is 4.79 Å². The second-order valence-corrected chi connectivity index (χ2v) is 2.56. The first-order chi connectivity index (χ1) is 6.67. The Morgan fingerprint density at radius 2 is 2.21 bits per heavy atom. The molecule has 1 aromatic carbocycles. The minimum Gasteiger partial charge on any atom is -0.341 e.